The molecule has 0 saturated heterocycles. The van der Waals surface area contributed by atoms with E-state index >= 15 is 0 Å². The number of anilines is 1. The molecule has 0 radical (unpaired) electrons. The molecule has 0 aliphatic heterocycles. The monoisotopic (exact) mass is 404 g/mol. The highest BCUT2D eigenvalue weighted by atomic mass is 16.2. The summed E-state index contributed by atoms with van der Waals surface area (Å²) in [4.78, 5) is 39.3. The number of amides is 2. The number of hydrogen-bond donors (Lipinski definition) is 4. The molecule has 0 unspecified atom stereocenters. The van der Waals surface area contributed by atoms with Gasteiger partial charge in [0, 0.05) is 11.4 Å². The highest BCUT2D eigenvalue weighted by Gasteiger charge is 2.13. The average Bonchev–Trinajstić information content (AvgIpc) is 2.71. The number of hydrazine groups is 1. The molecule has 0 saturated carbocycles. The van der Waals surface area contributed by atoms with Crippen molar-refractivity contribution in [3.8, 4) is 11.3 Å². The molecule has 1 heterocycles. The predicted molar refractivity (Wildman–Crippen MR) is 117 cm³/mol. The fraction of sp³-hybridized carbons (Fsp3) is 0.174. The van der Waals surface area contributed by atoms with Gasteiger partial charge in [-0.05, 0) is 56.2 Å². The van der Waals surface area contributed by atoms with Crippen LogP contribution in [0.4, 0.5) is 5.69 Å². The third-order valence-electron chi connectivity index (χ3n) is 4.62. The molecule has 3 aromatic rings. The molecule has 7 heteroatoms. The average molecular weight is 404 g/mol. The van der Waals surface area contributed by atoms with Crippen LogP contribution in [0.5, 0.6) is 0 Å². The number of aromatic amines is 1. The first-order chi connectivity index (χ1) is 14.3. The lowest BCUT2D eigenvalue weighted by atomic mass is 10.1. The number of carbonyl (C=O) groups is 2. The van der Waals surface area contributed by atoms with Crippen molar-refractivity contribution in [2.24, 2.45) is 0 Å². The van der Waals surface area contributed by atoms with Gasteiger partial charge in [0.25, 0.3) is 17.4 Å². The first-order valence-electron chi connectivity index (χ1n) is 9.54. The van der Waals surface area contributed by atoms with Gasteiger partial charge in [0.15, 0.2) is 0 Å². The number of hydrogen-bond acceptors (Lipinski definition) is 4. The Hall–Kier alpha value is -3.87. The van der Waals surface area contributed by atoms with Crippen LogP contribution in [0.25, 0.3) is 11.3 Å². The van der Waals surface area contributed by atoms with Crippen molar-refractivity contribution in [3.05, 3.63) is 87.2 Å². The van der Waals surface area contributed by atoms with E-state index in [2.05, 4.69) is 21.2 Å². The van der Waals surface area contributed by atoms with Gasteiger partial charge in [0.1, 0.15) is 5.56 Å². The number of H-pyrrole nitrogens is 1. The Balaban J connectivity index is 1.58. The van der Waals surface area contributed by atoms with E-state index in [0.29, 0.717) is 5.69 Å². The van der Waals surface area contributed by atoms with Crippen LogP contribution in [0.3, 0.4) is 0 Å². The summed E-state index contributed by atoms with van der Waals surface area (Å²) in [5.41, 5.74) is 9.48. The van der Waals surface area contributed by atoms with Crippen LogP contribution >= 0.6 is 0 Å². The second-order valence-electron chi connectivity index (χ2n) is 7.16. The maximum atomic E-state index is 12.3. The SMILES string of the molecule is Cc1cccc(-c2ccc(C(=O)NNC(=O)CNc3ccc(C)cc3C)c(=O)[nH]2)c1. The van der Waals surface area contributed by atoms with Crippen molar-refractivity contribution < 1.29 is 9.59 Å². The molecule has 0 bridgehead atoms. The third kappa shape index (κ3) is 5.14. The molecule has 30 heavy (non-hydrogen) atoms. The summed E-state index contributed by atoms with van der Waals surface area (Å²) in [6.07, 6.45) is 0. The predicted octanol–water partition coefficient (Wildman–Crippen LogP) is 2.84. The van der Waals surface area contributed by atoms with Gasteiger partial charge in [-0.25, -0.2) is 0 Å². The van der Waals surface area contributed by atoms with Crippen molar-refractivity contribution >= 4 is 17.5 Å². The summed E-state index contributed by atoms with van der Waals surface area (Å²) >= 11 is 0. The fourth-order valence-corrected chi connectivity index (χ4v) is 3.06. The Morgan fingerprint density at radius 1 is 0.900 bits per heavy atom. The van der Waals surface area contributed by atoms with Crippen molar-refractivity contribution in [1.82, 2.24) is 15.8 Å². The molecule has 2 amide bonds. The van der Waals surface area contributed by atoms with E-state index in [1.54, 1.807) is 6.07 Å². The zero-order valence-corrected chi connectivity index (χ0v) is 17.1. The fourth-order valence-electron chi connectivity index (χ4n) is 3.06. The summed E-state index contributed by atoms with van der Waals surface area (Å²) in [6.45, 7) is 5.88. The highest BCUT2D eigenvalue weighted by molar-refractivity contribution is 5.95. The lowest BCUT2D eigenvalue weighted by Crippen LogP contribution is -2.45. The van der Waals surface area contributed by atoms with Crippen molar-refractivity contribution in [3.63, 3.8) is 0 Å². The number of pyridine rings is 1. The number of benzene rings is 2. The second-order valence-corrected chi connectivity index (χ2v) is 7.16. The summed E-state index contributed by atoms with van der Waals surface area (Å²) < 4.78 is 0. The van der Waals surface area contributed by atoms with Crippen LogP contribution in [0.1, 0.15) is 27.0 Å². The molecule has 2 aromatic carbocycles. The Morgan fingerprint density at radius 3 is 2.37 bits per heavy atom. The largest absolute Gasteiger partial charge is 0.376 e. The van der Waals surface area contributed by atoms with Gasteiger partial charge in [-0.3, -0.25) is 25.2 Å². The Labute approximate surface area is 174 Å². The smallest absolute Gasteiger partial charge is 0.275 e. The lowest BCUT2D eigenvalue weighted by Gasteiger charge is -2.11. The van der Waals surface area contributed by atoms with Gasteiger partial charge in [0.2, 0.25) is 0 Å². The van der Waals surface area contributed by atoms with E-state index in [0.717, 1.165) is 27.9 Å². The first-order valence-corrected chi connectivity index (χ1v) is 9.54. The Morgan fingerprint density at radius 2 is 1.67 bits per heavy atom. The molecule has 3 rings (SSSR count). The zero-order chi connectivity index (χ0) is 21.7. The standard InChI is InChI=1S/C23H24N4O3/c1-14-5-4-6-17(12-14)20-10-8-18(22(29)25-20)23(30)27-26-21(28)13-24-19-9-7-15(2)11-16(19)3/h4-12,24H,13H2,1-3H3,(H,25,29)(H,26,28)(H,27,30). The number of nitrogens with one attached hydrogen (secondary N) is 4. The van der Waals surface area contributed by atoms with Gasteiger partial charge in [0.05, 0.1) is 6.54 Å². The van der Waals surface area contributed by atoms with E-state index in [1.165, 1.54) is 6.07 Å². The summed E-state index contributed by atoms with van der Waals surface area (Å²) in [5.74, 6) is -1.12. The van der Waals surface area contributed by atoms with Crippen LogP contribution in [0, 0.1) is 20.8 Å². The van der Waals surface area contributed by atoms with E-state index in [-0.39, 0.29) is 12.1 Å². The maximum absolute atomic E-state index is 12.3. The zero-order valence-electron chi connectivity index (χ0n) is 17.1. The van der Waals surface area contributed by atoms with Crippen LogP contribution < -0.4 is 21.7 Å². The minimum atomic E-state index is -0.688. The summed E-state index contributed by atoms with van der Waals surface area (Å²) in [6, 6.07) is 16.6. The van der Waals surface area contributed by atoms with E-state index in [9.17, 15) is 14.4 Å². The van der Waals surface area contributed by atoms with Gasteiger partial charge < -0.3 is 10.3 Å². The molecule has 154 valence electrons. The number of aromatic nitrogens is 1. The summed E-state index contributed by atoms with van der Waals surface area (Å²) in [5, 5.41) is 3.01. The highest BCUT2D eigenvalue weighted by Crippen LogP contribution is 2.17. The van der Waals surface area contributed by atoms with Crippen LogP contribution in [0.2, 0.25) is 0 Å². The maximum Gasteiger partial charge on any atom is 0.275 e. The van der Waals surface area contributed by atoms with Crippen molar-refractivity contribution in [1.29, 1.82) is 0 Å². The minimum Gasteiger partial charge on any atom is -0.376 e. The van der Waals surface area contributed by atoms with Gasteiger partial charge in [-0.1, -0.05) is 41.5 Å². The van der Waals surface area contributed by atoms with Crippen LogP contribution in [-0.2, 0) is 4.79 Å². The quantitative estimate of drug-likeness (QED) is 0.491. The summed E-state index contributed by atoms with van der Waals surface area (Å²) in [7, 11) is 0. The lowest BCUT2D eigenvalue weighted by molar-refractivity contribution is -0.120. The Bertz CT molecular complexity index is 1150. The second kappa shape index (κ2) is 9.09. The van der Waals surface area contributed by atoms with E-state index in [1.807, 2.05) is 63.2 Å². The molecule has 7 nitrogen and oxygen atoms in total. The van der Waals surface area contributed by atoms with Crippen LogP contribution in [0.15, 0.2) is 59.4 Å². The molecule has 0 aliphatic rings. The molecule has 0 atom stereocenters. The third-order valence-corrected chi connectivity index (χ3v) is 4.62. The minimum absolute atomic E-state index is 0.0210. The Kier molecular flexibility index (Phi) is 6.32. The molecule has 0 aliphatic carbocycles. The molecule has 0 spiro atoms. The molecule has 0 fully saturated rings. The molecule has 1 aromatic heterocycles. The van der Waals surface area contributed by atoms with Gasteiger partial charge >= 0.3 is 0 Å². The molecular weight excluding hydrogens is 380 g/mol. The molecular formula is C23H24N4O3. The van der Waals surface area contributed by atoms with Crippen molar-refractivity contribution in [2.75, 3.05) is 11.9 Å². The van der Waals surface area contributed by atoms with E-state index in [4.69, 9.17) is 0 Å². The normalized spacial score (nSPS) is 10.4. The van der Waals surface area contributed by atoms with Gasteiger partial charge in [-0.15, -0.1) is 0 Å². The van der Waals surface area contributed by atoms with Crippen LogP contribution in [-0.4, -0.2) is 23.3 Å². The van der Waals surface area contributed by atoms with Crippen molar-refractivity contribution in [2.45, 2.75) is 20.8 Å². The number of aryl methyl sites for hydroxylation is 3. The van der Waals surface area contributed by atoms with Gasteiger partial charge in [-0.2, -0.15) is 0 Å². The number of rotatable bonds is 5. The first kappa shape index (κ1) is 20.9. The molecule has 4 N–H and O–H groups in total. The van der Waals surface area contributed by atoms with E-state index < -0.39 is 17.4 Å². The topological polar surface area (TPSA) is 103 Å². The number of carbonyl (C=O) groups excluding carboxylic acids is 2.